The minimum atomic E-state index is -3.69. The molecule has 1 aromatic carbocycles. The topological polar surface area (TPSA) is 74.8 Å². The Kier molecular flexibility index (Phi) is 2.84. The van der Waals surface area contributed by atoms with E-state index in [9.17, 15) is 12.8 Å². The van der Waals surface area contributed by atoms with Gasteiger partial charge in [-0.05, 0) is 36.8 Å². The van der Waals surface area contributed by atoms with E-state index in [1.165, 1.54) is 30.5 Å². The van der Waals surface area contributed by atoms with E-state index in [1.807, 2.05) is 0 Å². The number of sulfonamides is 1. The van der Waals surface area contributed by atoms with Gasteiger partial charge in [-0.15, -0.1) is 0 Å². The van der Waals surface area contributed by atoms with E-state index in [0.29, 0.717) is 11.3 Å². The number of nitrogens with one attached hydrogen (secondary N) is 2. The molecule has 0 fully saturated rings. The predicted molar refractivity (Wildman–Crippen MR) is 60.5 cm³/mol. The molecule has 17 heavy (non-hydrogen) atoms. The van der Waals surface area contributed by atoms with E-state index in [0.717, 1.165) is 0 Å². The van der Waals surface area contributed by atoms with Crippen molar-refractivity contribution in [2.24, 2.45) is 0 Å². The number of aromatic amines is 1. The van der Waals surface area contributed by atoms with Gasteiger partial charge in [0.2, 0.25) is 0 Å². The first kappa shape index (κ1) is 11.6. The van der Waals surface area contributed by atoms with Crippen LogP contribution in [0.1, 0.15) is 5.56 Å². The normalized spacial score (nSPS) is 11.4. The summed E-state index contributed by atoms with van der Waals surface area (Å²) in [5.41, 5.74) is 0.674. The average molecular weight is 255 g/mol. The minimum absolute atomic E-state index is 0.0421. The van der Waals surface area contributed by atoms with Crippen LogP contribution in [0.2, 0.25) is 0 Å². The van der Waals surface area contributed by atoms with E-state index in [2.05, 4.69) is 14.9 Å². The van der Waals surface area contributed by atoms with Crippen LogP contribution in [0.4, 0.5) is 10.1 Å². The van der Waals surface area contributed by atoms with Gasteiger partial charge >= 0.3 is 0 Å². The maximum atomic E-state index is 13.0. The van der Waals surface area contributed by atoms with Crippen LogP contribution < -0.4 is 4.72 Å². The highest BCUT2D eigenvalue weighted by molar-refractivity contribution is 7.92. The van der Waals surface area contributed by atoms with E-state index in [1.54, 1.807) is 6.92 Å². The summed E-state index contributed by atoms with van der Waals surface area (Å²) in [4.78, 5) is 0. The molecule has 1 aromatic heterocycles. The Morgan fingerprint density at radius 3 is 2.71 bits per heavy atom. The van der Waals surface area contributed by atoms with Gasteiger partial charge in [0.05, 0.1) is 6.20 Å². The molecule has 0 saturated heterocycles. The number of H-pyrrole nitrogens is 1. The summed E-state index contributed by atoms with van der Waals surface area (Å²) in [6.45, 7) is 1.56. The molecule has 7 heteroatoms. The average Bonchev–Trinajstić information content (AvgIpc) is 2.77. The number of rotatable bonds is 3. The number of nitrogens with zero attached hydrogens (tertiary/aromatic N) is 1. The lowest BCUT2D eigenvalue weighted by Crippen LogP contribution is -2.13. The van der Waals surface area contributed by atoms with Crippen molar-refractivity contribution in [3.05, 3.63) is 41.8 Å². The van der Waals surface area contributed by atoms with Gasteiger partial charge in [-0.2, -0.15) is 13.5 Å². The highest BCUT2D eigenvalue weighted by Gasteiger charge is 2.15. The third kappa shape index (κ3) is 2.44. The number of hydrogen-bond donors (Lipinski definition) is 2. The molecule has 0 bridgehead atoms. The van der Waals surface area contributed by atoms with Gasteiger partial charge in [-0.1, -0.05) is 0 Å². The number of benzene rings is 1. The highest BCUT2D eigenvalue weighted by Crippen LogP contribution is 2.17. The maximum absolute atomic E-state index is 13.0. The lowest BCUT2D eigenvalue weighted by molar-refractivity contribution is 0.597. The van der Waals surface area contributed by atoms with Gasteiger partial charge in [0.15, 0.2) is 5.03 Å². The lowest BCUT2D eigenvalue weighted by atomic mass is 10.2. The third-order valence-corrected chi connectivity index (χ3v) is 3.49. The van der Waals surface area contributed by atoms with Crippen molar-refractivity contribution in [1.82, 2.24) is 10.2 Å². The summed E-state index contributed by atoms with van der Waals surface area (Å²) < 4.78 is 38.9. The largest absolute Gasteiger partial charge is 0.278 e. The minimum Gasteiger partial charge on any atom is -0.278 e. The van der Waals surface area contributed by atoms with Crippen LogP contribution >= 0.6 is 0 Å². The van der Waals surface area contributed by atoms with Gasteiger partial charge in [-0.25, -0.2) is 4.39 Å². The summed E-state index contributed by atoms with van der Waals surface area (Å²) in [7, 11) is -3.69. The Labute approximate surface area is 97.7 Å². The molecule has 0 aliphatic heterocycles. The standard InChI is InChI=1S/C10H10FN3O2S/c1-7-6-8(2-3-9(7)11)14-17(15,16)10-4-5-12-13-10/h2-6,14H,1H3,(H,12,13). The van der Waals surface area contributed by atoms with Crippen molar-refractivity contribution in [2.75, 3.05) is 4.72 Å². The first-order valence-corrected chi connectivity index (χ1v) is 6.26. The van der Waals surface area contributed by atoms with Crippen LogP contribution in [-0.2, 0) is 10.0 Å². The van der Waals surface area contributed by atoms with Crippen molar-refractivity contribution in [1.29, 1.82) is 0 Å². The molecule has 5 nitrogen and oxygen atoms in total. The molecule has 0 unspecified atom stereocenters. The van der Waals surface area contributed by atoms with E-state index >= 15 is 0 Å². The van der Waals surface area contributed by atoms with Crippen LogP contribution in [0.15, 0.2) is 35.5 Å². The molecule has 0 atom stereocenters. The summed E-state index contributed by atoms with van der Waals surface area (Å²) in [5, 5.41) is 5.86. The Morgan fingerprint density at radius 2 is 2.12 bits per heavy atom. The van der Waals surface area contributed by atoms with Crippen LogP contribution in [0.3, 0.4) is 0 Å². The Hall–Kier alpha value is -1.89. The summed E-state index contributed by atoms with van der Waals surface area (Å²) >= 11 is 0. The quantitative estimate of drug-likeness (QED) is 0.875. The van der Waals surface area contributed by atoms with Crippen molar-refractivity contribution in [3.63, 3.8) is 0 Å². The summed E-state index contributed by atoms with van der Waals surface area (Å²) in [6, 6.07) is 5.32. The van der Waals surface area contributed by atoms with Gasteiger partial charge < -0.3 is 0 Å². The number of anilines is 1. The van der Waals surface area contributed by atoms with Crippen LogP contribution in [0, 0.1) is 12.7 Å². The van der Waals surface area contributed by atoms with Crippen molar-refractivity contribution in [2.45, 2.75) is 11.9 Å². The SMILES string of the molecule is Cc1cc(NS(=O)(=O)c2ccn[nH]2)ccc1F. The predicted octanol–water partition coefficient (Wildman–Crippen LogP) is 1.66. The fourth-order valence-electron chi connectivity index (χ4n) is 1.31. The van der Waals surface area contributed by atoms with Gasteiger partial charge in [0, 0.05) is 5.69 Å². The number of aryl methyl sites for hydroxylation is 1. The van der Waals surface area contributed by atoms with Crippen LogP contribution in [0.5, 0.6) is 0 Å². The molecule has 0 radical (unpaired) electrons. The zero-order valence-corrected chi connectivity index (χ0v) is 9.75. The molecule has 1 heterocycles. The van der Waals surface area contributed by atoms with Crippen LogP contribution in [-0.4, -0.2) is 18.6 Å². The monoisotopic (exact) mass is 255 g/mol. The zero-order chi connectivity index (χ0) is 12.5. The molecular formula is C10H10FN3O2S. The molecule has 0 amide bonds. The first-order valence-electron chi connectivity index (χ1n) is 4.77. The van der Waals surface area contributed by atoms with Crippen molar-refractivity contribution >= 4 is 15.7 Å². The molecule has 2 aromatic rings. The Bertz CT molecular complexity index is 623. The summed E-state index contributed by atoms with van der Waals surface area (Å²) in [6.07, 6.45) is 1.34. The number of hydrogen-bond acceptors (Lipinski definition) is 3. The second kappa shape index (κ2) is 4.17. The van der Waals surface area contributed by atoms with Crippen LogP contribution in [0.25, 0.3) is 0 Å². The molecule has 0 saturated carbocycles. The third-order valence-electron chi connectivity index (χ3n) is 2.17. The number of halogens is 1. The fourth-order valence-corrected chi connectivity index (χ4v) is 2.27. The Balaban J connectivity index is 2.30. The molecule has 2 N–H and O–H groups in total. The van der Waals surface area contributed by atoms with E-state index < -0.39 is 10.0 Å². The lowest BCUT2D eigenvalue weighted by Gasteiger charge is -2.07. The molecule has 90 valence electrons. The molecule has 0 aliphatic rings. The smallest absolute Gasteiger partial charge is 0.278 e. The van der Waals surface area contributed by atoms with E-state index in [-0.39, 0.29) is 10.8 Å². The zero-order valence-electron chi connectivity index (χ0n) is 8.94. The maximum Gasteiger partial charge on any atom is 0.278 e. The van der Waals surface area contributed by atoms with Gasteiger partial charge in [-0.3, -0.25) is 9.82 Å². The van der Waals surface area contributed by atoms with E-state index in [4.69, 9.17) is 0 Å². The van der Waals surface area contributed by atoms with Crippen molar-refractivity contribution in [3.8, 4) is 0 Å². The molecular weight excluding hydrogens is 245 g/mol. The fraction of sp³-hybridized carbons (Fsp3) is 0.100. The summed E-state index contributed by atoms with van der Waals surface area (Å²) in [5.74, 6) is -0.380. The van der Waals surface area contributed by atoms with Gasteiger partial charge in [0.1, 0.15) is 5.82 Å². The second-order valence-corrected chi connectivity index (χ2v) is 5.14. The Morgan fingerprint density at radius 1 is 1.35 bits per heavy atom. The first-order chi connectivity index (χ1) is 7.99. The van der Waals surface area contributed by atoms with Gasteiger partial charge in [0.25, 0.3) is 10.0 Å². The molecule has 2 rings (SSSR count). The molecule has 0 spiro atoms. The highest BCUT2D eigenvalue weighted by atomic mass is 32.2. The second-order valence-electron chi connectivity index (χ2n) is 3.49. The molecule has 0 aliphatic carbocycles. The van der Waals surface area contributed by atoms with Crippen molar-refractivity contribution < 1.29 is 12.8 Å². The number of aromatic nitrogens is 2.